The number of anilines is 1. The number of aromatic nitrogens is 4. The van der Waals surface area contributed by atoms with Crippen molar-refractivity contribution in [2.24, 2.45) is 0 Å². The van der Waals surface area contributed by atoms with E-state index in [1.165, 1.54) is 17.2 Å². The lowest BCUT2D eigenvalue weighted by Crippen LogP contribution is -2.36. The zero-order chi connectivity index (χ0) is 16.6. The molecule has 10 nitrogen and oxygen atoms in total. The molecule has 3 heterocycles. The van der Waals surface area contributed by atoms with E-state index in [9.17, 15) is 15.0 Å². The topological polar surface area (TPSA) is 146 Å². The number of nitrogens with zero attached hydrogens (tertiary/aromatic N) is 4. The molecule has 124 valence electrons. The Balaban J connectivity index is 2.00. The molecule has 1 fully saturated rings. The number of hydrogen-bond donors (Lipinski definition) is 3. The van der Waals surface area contributed by atoms with Gasteiger partial charge in [-0.25, -0.2) is 15.0 Å². The number of nitrogens with two attached hydrogens (primary N) is 1. The lowest BCUT2D eigenvalue weighted by Gasteiger charge is -2.21. The van der Waals surface area contributed by atoms with Gasteiger partial charge in [0.1, 0.15) is 24.1 Å². The molecule has 0 unspecified atom stereocenters. The van der Waals surface area contributed by atoms with E-state index in [1.54, 1.807) is 6.92 Å². The van der Waals surface area contributed by atoms with Crippen LogP contribution < -0.4 is 5.73 Å². The fourth-order valence-corrected chi connectivity index (χ4v) is 2.51. The lowest BCUT2D eigenvalue weighted by molar-refractivity contribution is -0.158. The van der Waals surface area contributed by atoms with Crippen molar-refractivity contribution in [2.75, 3.05) is 12.3 Å². The van der Waals surface area contributed by atoms with Crippen LogP contribution in [-0.4, -0.2) is 60.6 Å². The molecule has 1 saturated heterocycles. The Labute approximate surface area is 130 Å². The molecule has 2 aromatic rings. The minimum absolute atomic E-state index is 0.152. The average molecular weight is 323 g/mol. The largest absolute Gasteiger partial charge is 0.455 e. The molecule has 0 aromatic carbocycles. The second-order valence-corrected chi connectivity index (χ2v) is 5.13. The van der Waals surface area contributed by atoms with Gasteiger partial charge in [0.2, 0.25) is 0 Å². The molecule has 4 atom stereocenters. The number of esters is 1. The summed E-state index contributed by atoms with van der Waals surface area (Å²) in [6.45, 7) is 1.23. The van der Waals surface area contributed by atoms with E-state index in [0.29, 0.717) is 11.2 Å². The van der Waals surface area contributed by atoms with Gasteiger partial charge in [-0.1, -0.05) is 6.92 Å². The summed E-state index contributed by atoms with van der Waals surface area (Å²) < 4.78 is 12.4. The maximum atomic E-state index is 11.6. The normalized spacial score (nSPS) is 27.4. The van der Waals surface area contributed by atoms with Crippen LogP contribution in [0.1, 0.15) is 19.6 Å². The Bertz CT molecular complexity index is 720. The van der Waals surface area contributed by atoms with Gasteiger partial charge < -0.3 is 25.4 Å². The highest BCUT2D eigenvalue weighted by Crippen LogP contribution is 2.34. The van der Waals surface area contributed by atoms with Crippen molar-refractivity contribution in [3.63, 3.8) is 0 Å². The van der Waals surface area contributed by atoms with Crippen molar-refractivity contribution >= 4 is 23.0 Å². The van der Waals surface area contributed by atoms with Crippen molar-refractivity contribution in [1.82, 2.24) is 19.5 Å². The van der Waals surface area contributed by atoms with Crippen molar-refractivity contribution in [1.29, 1.82) is 0 Å². The third-order valence-electron chi connectivity index (χ3n) is 3.71. The van der Waals surface area contributed by atoms with Gasteiger partial charge in [0.15, 0.2) is 23.8 Å². The second kappa shape index (κ2) is 6.07. The first-order chi connectivity index (χ1) is 11.1. The number of ether oxygens (including phenoxy) is 2. The maximum absolute atomic E-state index is 11.6. The minimum Gasteiger partial charge on any atom is -0.455 e. The Kier molecular flexibility index (Phi) is 4.11. The summed E-state index contributed by atoms with van der Waals surface area (Å²) in [6.07, 6.45) is -1.08. The molecule has 0 aliphatic carbocycles. The number of carbonyl (C=O) groups excluding carboxylic acids is 1. The van der Waals surface area contributed by atoms with Crippen molar-refractivity contribution < 1.29 is 24.5 Å². The number of fused-ring (bicyclic) bond motifs is 1. The van der Waals surface area contributed by atoms with Gasteiger partial charge in [0.05, 0.1) is 12.9 Å². The van der Waals surface area contributed by atoms with Crippen molar-refractivity contribution in [2.45, 2.75) is 37.9 Å². The zero-order valence-corrected chi connectivity index (χ0v) is 12.4. The lowest BCUT2D eigenvalue weighted by atomic mass is 10.1. The first-order valence-electron chi connectivity index (χ1n) is 7.13. The van der Waals surface area contributed by atoms with Crippen LogP contribution in [0.2, 0.25) is 0 Å². The molecule has 3 rings (SSSR count). The van der Waals surface area contributed by atoms with Crippen LogP contribution in [0.5, 0.6) is 0 Å². The summed E-state index contributed by atoms with van der Waals surface area (Å²) >= 11 is 0. The van der Waals surface area contributed by atoms with Gasteiger partial charge in [-0.2, -0.15) is 0 Å². The number of hydrogen-bond acceptors (Lipinski definition) is 9. The fourth-order valence-electron chi connectivity index (χ4n) is 2.51. The average Bonchev–Trinajstić information content (AvgIpc) is 3.10. The van der Waals surface area contributed by atoms with E-state index >= 15 is 0 Å². The molecule has 0 bridgehead atoms. The Hall–Kier alpha value is -2.30. The number of aliphatic hydroxyl groups excluding tert-OH is 2. The smallest absolute Gasteiger partial charge is 0.306 e. The molecule has 1 aliphatic heterocycles. The molecule has 1 aliphatic rings. The summed E-state index contributed by atoms with van der Waals surface area (Å²) in [7, 11) is 0. The highest BCUT2D eigenvalue weighted by atomic mass is 16.6. The Morgan fingerprint density at radius 3 is 2.96 bits per heavy atom. The summed E-state index contributed by atoms with van der Waals surface area (Å²) in [5.74, 6) is -0.284. The van der Waals surface area contributed by atoms with E-state index in [2.05, 4.69) is 15.0 Å². The Morgan fingerprint density at radius 2 is 2.26 bits per heavy atom. The quantitative estimate of drug-likeness (QED) is 0.602. The second-order valence-electron chi connectivity index (χ2n) is 5.13. The van der Waals surface area contributed by atoms with Crippen molar-refractivity contribution in [3.05, 3.63) is 12.7 Å². The van der Waals surface area contributed by atoms with Gasteiger partial charge >= 0.3 is 5.97 Å². The number of rotatable bonds is 4. The summed E-state index contributed by atoms with van der Waals surface area (Å²) in [6, 6.07) is 0. The minimum atomic E-state index is -1.17. The van der Waals surface area contributed by atoms with E-state index in [0.717, 1.165) is 0 Å². The van der Waals surface area contributed by atoms with E-state index in [-0.39, 0.29) is 12.2 Å². The fraction of sp³-hybridized carbons (Fsp3) is 0.538. The molecule has 0 amide bonds. The maximum Gasteiger partial charge on any atom is 0.306 e. The predicted octanol–water partition coefficient (Wildman–Crippen LogP) is -1.02. The van der Waals surface area contributed by atoms with Gasteiger partial charge in [0, 0.05) is 6.42 Å². The molecule has 10 heteroatoms. The standard InChI is InChI=1S/C13H17N5O5/c1-2-7(20)23-10-9(21)6(3-19)22-13(10)18-5-17-8-11(14)15-4-16-12(8)18/h4-6,9-10,13,19,21H,2-3H2,1H3,(H2,14,15,16)/t6-,9-,10+,13-/m1/s1. The van der Waals surface area contributed by atoms with Gasteiger partial charge in [-0.15, -0.1) is 0 Å². The van der Waals surface area contributed by atoms with Crippen LogP contribution in [0.4, 0.5) is 5.82 Å². The first-order valence-corrected chi connectivity index (χ1v) is 7.13. The summed E-state index contributed by atoms with van der Waals surface area (Å²) in [4.78, 5) is 23.7. The van der Waals surface area contributed by atoms with Crippen LogP contribution in [0.3, 0.4) is 0 Å². The molecule has 0 spiro atoms. The Morgan fingerprint density at radius 1 is 1.48 bits per heavy atom. The monoisotopic (exact) mass is 323 g/mol. The molecule has 2 aromatic heterocycles. The van der Waals surface area contributed by atoms with Crippen LogP contribution in [0, 0.1) is 0 Å². The van der Waals surface area contributed by atoms with E-state index in [1.807, 2.05) is 0 Å². The van der Waals surface area contributed by atoms with Crippen LogP contribution >= 0.6 is 0 Å². The first kappa shape index (κ1) is 15.6. The van der Waals surface area contributed by atoms with Crippen molar-refractivity contribution in [3.8, 4) is 0 Å². The molecule has 0 saturated carbocycles. The number of nitrogen functional groups attached to an aromatic ring is 1. The summed E-state index contributed by atoms with van der Waals surface area (Å²) in [5.41, 5.74) is 6.50. The zero-order valence-electron chi connectivity index (χ0n) is 12.4. The highest BCUT2D eigenvalue weighted by molar-refractivity contribution is 5.81. The SMILES string of the molecule is CCC(=O)O[C@H]1[C@H](O)[C@@H](CO)O[C@H]1n1cnc2c(N)ncnc21. The predicted molar refractivity (Wildman–Crippen MR) is 76.9 cm³/mol. The van der Waals surface area contributed by atoms with Crippen LogP contribution in [0.15, 0.2) is 12.7 Å². The molecule has 23 heavy (non-hydrogen) atoms. The summed E-state index contributed by atoms with van der Waals surface area (Å²) in [5, 5.41) is 19.6. The van der Waals surface area contributed by atoms with Crippen LogP contribution in [-0.2, 0) is 14.3 Å². The third-order valence-corrected chi connectivity index (χ3v) is 3.71. The molecule has 4 N–H and O–H groups in total. The highest BCUT2D eigenvalue weighted by Gasteiger charge is 2.47. The number of imidazole rings is 1. The van der Waals surface area contributed by atoms with E-state index in [4.69, 9.17) is 15.2 Å². The van der Waals surface area contributed by atoms with E-state index < -0.39 is 37.1 Å². The number of carbonyl (C=O) groups is 1. The van der Waals surface area contributed by atoms with Gasteiger partial charge in [-0.3, -0.25) is 9.36 Å². The van der Waals surface area contributed by atoms with Crippen LogP contribution in [0.25, 0.3) is 11.2 Å². The molecular formula is C13H17N5O5. The molecular weight excluding hydrogens is 306 g/mol. The van der Waals surface area contributed by atoms with Gasteiger partial charge in [0.25, 0.3) is 0 Å². The third kappa shape index (κ3) is 2.60. The number of aliphatic hydroxyl groups is 2. The van der Waals surface area contributed by atoms with Gasteiger partial charge in [-0.05, 0) is 0 Å². The molecule has 0 radical (unpaired) electrons.